The maximum Gasteiger partial charge on any atom is 0.123 e. The number of aliphatic hydroxyl groups excluding tert-OH is 1. The lowest BCUT2D eigenvalue weighted by Gasteiger charge is -2.28. The zero-order valence-corrected chi connectivity index (χ0v) is 11.1. The molecule has 0 aromatic heterocycles. The molecule has 4 heteroatoms. The Morgan fingerprint density at radius 1 is 1.28 bits per heavy atom. The number of halogens is 1. The number of likely N-dealkylation sites (N-methyl/N-ethyl adjacent to an activating group) is 1. The predicted molar refractivity (Wildman–Crippen MR) is 70.0 cm³/mol. The summed E-state index contributed by atoms with van der Waals surface area (Å²) in [4.78, 5) is 2.25. The lowest BCUT2D eigenvalue weighted by molar-refractivity contribution is 0.0663. The predicted octanol–water partition coefficient (Wildman–Crippen LogP) is 2.22. The Hall–Kier alpha value is -0.970. The molecule has 1 atom stereocenters. The molecule has 0 spiro atoms. The van der Waals surface area contributed by atoms with E-state index < -0.39 is 0 Å². The summed E-state index contributed by atoms with van der Waals surface area (Å²) in [6.45, 7) is 6.92. The molecule has 0 aliphatic heterocycles. The van der Waals surface area contributed by atoms with Crippen LogP contribution in [0.5, 0.6) is 0 Å². The van der Waals surface area contributed by atoms with Crippen LogP contribution in [0, 0.1) is 5.82 Å². The van der Waals surface area contributed by atoms with Crippen molar-refractivity contribution in [2.45, 2.75) is 19.9 Å². The zero-order chi connectivity index (χ0) is 13.4. The van der Waals surface area contributed by atoms with Gasteiger partial charge in [0.2, 0.25) is 0 Å². The van der Waals surface area contributed by atoms with E-state index >= 15 is 0 Å². The van der Waals surface area contributed by atoms with Gasteiger partial charge in [0.05, 0.1) is 19.8 Å². The fourth-order valence-corrected chi connectivity index (χ4v) is 1.93. The lowest BCUT2D eigenvalue weighted by atomic mass is 10.1. The molecule has 0 radical (unpaired) electrons. The van der Waals surface area contributed by atoms with Gasteiger partial charge in [-0.3, -0.25) is 4.90 Å². The van der Waals surface area contributed by atoms with E-state index in [1.165, 1.54) is 12.1 Å². The van der Waals surface area contributed by atoms with Gasteiger partial charge in [-0.15, -0.1) is 0 Å². The van der Waals surface area contributed by atoms with Crippen molar-refractivity contribution >= 4 is 0 Å². The third-order valence-electron chi connectivity index (χ3n) is 3.06. The molecule has 0 saturated heterocycles. The molecular weight excluding hydrogens is 233 g/mol. The Morgan fingerprint density at radius 2 is 1.94 bits per heavy atom. The molecule has 0 fully saturated rings. The molecule has 1 aromatic rings. The number of hydrogen-bond donors (Lipinski definition) is 1. The van der Waals surface area contributed by atoms with Crippen molar-refractivity contribution in [3.05, 3.63) is 35.6 Å². The van der Waals surface area contributed by atoms with E-state index in [-0.39, 0.29) is 18.5 Å². The molecule has 0 aliphatic carbocycles. The van der Waals surface area contributed by atoms with Gasteiger partial charge in [-0.2, -0.15) is 0 Å². The largest absolute Gasteiger partial charge is 0.394 e. The maximum absolute atomic E-state index is 12.9. The molecule has 1 N–H and O–H groups in total. The number of aliphatic hydroxyl groups is 1. The van der Waals surface area contributed by atoms with E-state index in [1.807, 2.05) is 12.1 Å². The van der Waals surface area contributed by atoms with Gasteiger partial charge in [-0.1, -0.05) is 19.1 Å². The van der Waals surface area contributed by atoms with Crippen LogP contribution in [0.3, 0.4) is 0 Å². The molecule has 102 valence electrons. The Labute approximate surface area is 108 Å². The van der Waals surface area contributed by atoms with E-state index in [9.17, 15) is 4.39 Å². The summed E-state index contributed by atoms with van der Waals surface area (Å²) < 4.78 is 18.1. The van der Waals surface area contributed by atoms with E-state index in [2.05, 4.69) is 18.7 Å². The highest BCUT2D eigenvalue weighted by Crippen LogP contribution is 2.19. The van der Waals surface area contributed by atoms with Crippen molar-refractivity contribution in [2.24, 2.45) is 0 Å². The standard InChI is InChI=1S/C14H22FNO2/c1-3-16(8-10-18-11-9-17)12(2)13-4-6-14(15)7-5-13/h4-7,12,17H,3,8-11H2,1-2H3. The first-order valence-corrected chi connectivity index (χ1v) is 6.37. The van der Waals surface area contributed by atoms with Gasteiger partial charge in [0.15, 0.2) is 0 Å². The minimum absolute atomic E-state index is 0.0552. The Morgan fingerprint density at radius 3 is 2.50 bits per heavy atom. The van der Waals surface area contributed by atoms with Crippen LogP contribution in [0.1, 0.15) is 25.5 Å². The average molecular weight is 255 g/mol. The molecule has 0 saturated carbocycles. The highest BCUT2D eigenvalue weighted by atomic mass is 19.1. The van der Waals surface area contributed by atoms with Gasteiger partial charge in [0.1, 0.15) is 5.82 Å². The lowest BCUT2D eigenvalue weighted by Crippen LogP contribution is -2.30. The first-order chi connectivity index (χ1) is 8.69. The Balaban J connectivity index is 2.50. The van der Waals surface area contributed by atoms with Crippen LogP contribution >= 0.6 is 0 Å². The smallest absolute Gasteiger partial charge is 0.123 e. The third kappa shape index (κ3) is 4.72. The highest BCUT2D eigenvalue weighted by molar-refractivity contribution is 5.19. The van der Waals surface area contributed by atoms with Crippen LogP contribution in [-0.4, -0.2) is 42.9 Å². The van der Waals surface area contributed by atoms with Crippen molar-refractivity contribution in [3.8, 4) is 0 Å². The monoisotopic (exact) mass is 255 g/mol. The fraction of sp³-hybridized carbons (Fsp3) is 0.571. The topological polar surface area (TPSA) is 32.7 Å². The van der Waals surface area contributed by atoms with Crippen LogP contribution in [0.4, 0.5) is 4.39 Å². The Bertz CT molecular complexity index is 329. The van der Waals surface area contributed by atoms with Gasteiger partial charge >= 0.3 is 0 Å². The highest BCUT2D eigenvalue weighted by Gasteiger charge is 2.13. The fourth-order valence-electron chi connectivity index (χ4n) is 1.93. The van der Waals surface area contributed by atoms with E-state index in [0.29, 0.717) is 13.2 Å². The summed E-state index contributed by atoms with van der Waals surface area (Å²) in [6.07, 6.45) is 0. The van der Waals surface area contributed by atoms with E-state index in [0.717, 1.165) is 18.7 Å². The first kappa shape index (κ1) is 15.1. The number of rotatable bonds is 8. The van der Waals surface area contributed by atoms with Crippen LogP contribution in [0.25, 0.3) is 0 Å². The molecule has 18 heavy (non-hydrogen) atoms. The molecule has 3 nitrogen and oxygen atoms in total. The molecule has 1 aromatic carbocycles. The van der Waals surface area contributed by atoms with Gasteiger partial charge in [-0.25, -0.2) is 4.39 Å². The third-order valence-corrected chi connectivity index (χ3v) is 3.06. The van der Waals surface area contributed by atoms with E-state index in [1.54, 1.807) is 0 Å². The summed E-state index contributed by atoms with van der Waals surface area (Å²) in [6, 6.07) is 6.84. The second-order valence-electron chi connectivity index (χ2n) is 4.19. The summed E-state index contributed by atoms with van der Waals surface area (Å²) in [5.74, 6) is -0.208. The molecule has 0 heterocycles. The van der Waals surface area contributed by atoms with Gasteiger partial charge in [-0.05, 0) is 31.2 Å². The van der Waals surface area contributed by atoms with Crippen LogP contribution < -0.4 is 0 Å². The normalized spacial score (nSPS) is 12.9. The SMILES string of the molecule is CCN(CCOCCO)C(C)c1ccc(F)cc1. The molecule has 1 unspecified atom stereocenters. The molecule has 1 rings (SSSR count). The van der Waals surface area contributed by atoms with Crippen molar-refractivity contribution < 1.29 is 14.2 Å². The van der Waals surface area contributed by atoms with Crippen LogP contribution in [0.15, 0.2) is 24.3 Å². The van der Waals surface area contributed by atoms with Crippen LogP contribution in [0.2, 0.25) is 0 Å². The average Bonchev–Trinajstić information content (AvgIpc) is 2.39. The molecular formula is C14H22FNO2. The molecule has 0 aliphatic rings. The van der Waals surface area contributed by atoms with Gasteiger partial charge in [0, 0.05) is 12.6 Å². The molecule has 0 bridgehead atoms. The van der Waals surface area contributed by atoms with Gasteiger partial charge in [0.25, 0.3) is 0 Å². The summed E-state index contributed by atoms with van der Waals surface area (Å²) in [5, 5.41) is 8.63. The van der Waals surface area contributed by atoms with Gasteiger partial charge < -0.3 is 9.84 Å². The molecule has 0 amide bonds. The number of nitrogens with zero attached hydrogens (tertiary/aromatic N) is 1. The van der Waals surface area contributed by atoms with Crippen molar-refractivity contribution in [2.75, 3.05) is 32.9 Å². The summed E-state index contributed by atoms with van der Waals surface area (Å²) >= 11 is 0. The van der Waals surface area contributed by atoms with E-state index in [4.69, 9.17) is 9.84 Å². The first-order valence-electron chi connectivity index (χ1n) is 6.37. The maximum atomic E-state index is 12.9. The number of ether oxygens (including phenoxy) is 1. The van der Waals surface area contributed by atoms with Crippen LogP contribution in [-0.2, 0) is 4.74 Å². The number of hydrogen-bond acceptors (Lipinski definition) is 3. The minimum atomic E-state index is -0.208. The summed E-state index contributed by atoms with van der Waals surface area (Å²) in [5.41, 5.74) is 1.10. The van der Waals surface area contributed by atoms with Crippen molar-refractivity contribution in [1.29, 1.82) is 0 Å². The minimum Gasteiger partial charge on any atom is -0.394 e. The summed E-state index contributed by atoms with van der Waals surface area (Å²) in [7, 11) is 0. The van der Waals surface area contributed by atoms with Crippen molar-refractivity contribution in [3.63, 3.8) is 0 Å². The zero-order valence-electron chi connectivity index (χ0n) is 11.1. The Kier molecular flexibility index (Phi) is 6.86. The second kappa shape index (κ2) is 8.19. The van der Waals surface area contributed by atoms with Crippen molar-refractivity contribution in [1.82, 2.24) is 4.90 Å². The quantitative estimate of drug-likeness (QED) is 0.723. The number of benzene rings is 1. The second-order valence-corrected chi connectivity index (χ2v) is 4.19.